The van der Waals surface area contributed by atoms with Crippen molar-refractivity contribution in [2.24, 2.45) is 0 Å². The third-order valence-corrected chi connectivity index (χ3v) is 2.17. The topological polar surface area (TPSA) is 24.1 Å². The van der Waals surface area contributed by atoms with Gasteiger partial charge in [-0.3, -0.25) is 4.72 Å². The molecule has 0 saturated heterocycles. The second kappa shape index (κ2) is 4.33. The first-order valence-corrected chi connectivity index (χ1v) is 4.40. The minimum absolute atomic E-state index is 0.201. The van der Waals surface area contributed by atoms with E-state index in [9.17, 15) is 4.39 Å². The lowest BCUT2D eigenvalue weighted by molar-refractivity contribution is 0.602. The molecule has 0 heterocycles. The third-order valence-electron chi connectivity index (χ3n) is 1.43. The lowest BCUT2D eigenvalue weighted by atomic mass is 10.3. The standard InChI is InChI=1S/C8H11FN2S/c1-10-6-3-4-7(9)8(5-6)12-11-2/h3-5,10-11H,1-2H3. The highest BCUT2D eigenvalue weighted by Gasteiger charge is 2.01. The number of nitrogens with one attached hydrogen (secondary N) is 2. The predicted octanol–water partition coefficient (Wildman–Crippen LogP) is 2.09. The SMILES string of the molecule is CNSc1cc(NC)ccc1F. The molecule has 0 atom stereocenters. The largest absolute Gasteiger partial charge is 0.388 e. The molecule has 12 heavy (non-hydrogen) atoms. The smallest absolute Gasteiger partial charge is 0.138 e. The van der Waals surface area contributed by atoms with Crippen LogP contribution in [0.3, 0.4) is 0 Å². The molecular weight excluding hydrogens is 175 g/mol. The number of benzene rings is 1. The van der Waals surface area contributed by atoms with Crippen LogP contribution in [0.25, 0.3) is 0 Å². The minimum atomic E-state index is -0.201. The zero-order chi connectivity index (χ0) is 8.97. The molecule has 1 aromatic rings. The van der Waals surface area contributed by atoms with Crippen LogP contribution in [0, 0.1) is 5.82 Å². The lowest BCUT2D eigenvalue weighted by Crippen LogP contribution is -1.95. The van der Waals surface area contributed by atoms with Gasteiger partial charge < -0.3 is 5.32 Å². The quantitative estimate of drug-likeness (QED) is 0.707. The Hall–Kier alpha value is -0.740. The molecule has 0 bridgehead atoms. The molecule has 0 unspecified atom stereocenters. The predicted molar refractivity (Wildman–Crippen MR) is 50.9 cm³/mol. The number of hydrogen-bond acceptors (Lipinski definition) is 3. The Balaban J connectivity index is 2.91. The number of hydrogen-bond donors (Lipinski definition) is 2. The first-order chi connectivity index (χ1) is 5.77. The molecule has 1 rings (SSSR count). The second-order valence-corrected chi connectivity index (χ2v) is 3.25. The molecule has 0 aliphatic carbocycles. The molecule has 4 heteroatoms. The summed E-state index contributed by atoms with van der Waals surface area (Å²) in [5, 5.41) is 2.95. The van der Waals surface area contributed by atoms with Crippen LogP contribution in [0.2, 0.25) is 0 Å². The molecule has 0 radical (unpaired) electrons. The fourth-order valence-corrected chi connectivity index (χ4v) is 1.42. The van der Waals surface area contributed by atoms with Gasteiger partial charge in [0.1, 0.15) is 5.82 Å². The third kappa shape index (κ3) is 2.12. The Morgan fingerprint density at radius 2 is 2.08 bits per heavy atom. The van der Waals surface area contributed by atoms with Gasteiger partial charge in [0.05, 0.1) is 4.90 Å². The van der Waals surface area contributed by atoms with Gasteiger partial charge in [-0.05, 0) is 37.2 Å². The maximum Gasteiger partial charge on any atom is 0.138 e. The van der Waals surface area contributed by atoms with Crippen molar-refractivity contribution < 1.29 is 4.39 Å². The van der Waals surface area contributed by atoms with Gasteiger partial charge in [-0.15, -0.1) is 0 Å². The molecule has 0 aliphatic rings. The Morgan fingerprint density at radius 1 is 1.33 bits per heavy atom. The highest BCUT2D eigenvalue weighted by atomic mass is 32.2. The van der Waals surface area contributed by atoms with Gasteiger partial charge >= 0.3 is 0 Å². The molecular formula is C8H11FN2S. The summed E-state index contributed by atoms with van der Waals surface area (Å²) in [7, 11) is 3.57. The average Bonchev–Trinajstić information content (AvgIpc) is 2.09. The van der Waals surface area contributed by atoms with Crippen LogP contribution < -0.4 is 10.0 Å². The molecule has 0 spiro atoms. The van der Waals surface area contributed by atoms with Gasteiger partial charge in [0.25, 0.3) is 0 Å². The number of anilines is 1. The first-order valence-electron chi connectivity index (χ1n) is 3.59. The number of rotatable bonds is 3. The fourth-order valence-electron chi connectivity index (χ4n) is 0.847. The molecule has 66 valence electrons. The minimum Gasteiger partial charge on any atom is -0.388 e. The summed E-state index contributed by atoms with van der Waals surface area (Å²) in [6.07, 6.45) is 0. The van der Waals surface area contributed by atoms with E-state index in [2.05, 4.69) is 10.0 Å². The van der Waals surface area contributed by atoms with Crippen molar-refractivity contribution in [3.8, 4) is 0 Å². The van der Waals surface area contributed by atoms with Gasteiger partial charge in [0.2, 0.25) is 0 Å². The zero-order valence-electron chi connectivity index (χ0n) is 7.02. The van der Waals surface area contributed by atoms with E-state index in [0.717, 1.165) is 5.69 Å². The Bertz CT molecular complexity index is 265. The molecule has 0 aromatic heterocycles. The normalized spacial score (nSPS) is 9.92. The van der Waals surface area contributed by atoms with E-state index in [1.165, 1.54) is 18.0 Å². The van der Waals surface area contributed by atoms with Gasteiger partial charge in [0, 0.05) is 12.7 Å². The van der Waals surface area contributed by atoms with Crippen LogP contribution in [-0.4, -0.2) is 14.1 Å². The van der Waals surface area contributed by atoms with E-state index in [1.807, 2.05) is 0 Å². The summed E-state index contributed by atoms with van der Waals surface area (Å²) in [5.41, 5.74) is 0.911. The highest BCUT2D eigenvalue weighted by molar-refractivity contribution is 7.97. The Kier molecular flexibility index (Phi) is 3.37. The summed E-state index contributed by atoms with van der Waals surface area (Å²) < 4.78 is 15.8. The fraction of sp³-hybridized carbons (Fsp3) is 0.250. The van der Waals surface area contributed by atoms with Crippen LogP contribution in [0.15, 0.2) is 23.1 Å². The Labute approximate surface area is 75.7 Å². The molecule has 2 nitrogen and oxygen atoms in total. The van der Waals surface area contributed by atoms with Crippen molar-refractivity contribution >= 4 is 17.6 Å². The van der Waals surface area contributed by atoms with E-state index in [-0.39, 0.29) is 5.82 Å². The summed E-state index contributed by atoms with van der Waals surface area (Å²) in [6, 6.07) is 4.91. The molecule has 0 fully saturated rings. The van der Waals surface area contributed by atoms with Crippen LogP contribution in [0.4, 0.5) is 10.1 Å². The van der Waals surface area contributed by atoms with Crippen molar-refractivity contribution in [3.63, 3.8) is 0 Å². The zero-order valence-corrected chi connectivity index (χ0v) is 7.83. The molecule has 0 saturated carbocycles. The van der Waals surface area contributed by atoms with Crippen LogP contribution in [-0.2, 0) is 0 Å². The van der Waals surface area contributed by atoms with Crippen molar-refractivity contribution in [2.45, 2.75) is 4.90 Å². The summed E-state index contributed by atoms with van der Waals surface area (Å²) in [4.78, 5) is 0.601. The lowest BCUT2D eigenvalue weighted by Gasteiger charge is -2.04. The van der Waals surface area contributed by atoms with Crippen molar-refractivity contribution in [2.75, 3.05) is 19.4 Å². The molecule has 2 N–H and O–H groups in total. The Morgan fingerprint density at radius 3 is 2.67 bits per heavy atom. The van der Waals surface area contributed by atoms with Crippen LogP contribution in [0.5, 0.6) is 0 Å². The van der Waals surface area contributed by atoms with Crippen molar-refractivity contribution in [3.05, 3.63) is 24.0 Å². The summed E-state index contributed by atoms with van der Waals surface area (Å²) in [6.45, 7) is 0. The van der Waals surface area contributed by atoms with Gasteiger partial charge in [0.15, 0.2) is 0 Å². The van der Waals surface area contributed by atoms with Crippen LogP contribution >= 0.6 is 11.9 Å². The number of halogens is 1. The van der Waals surface area contributed by atoms with E-state index >= 15 is 0 Å². The average molecular weight is 186 g/mol. The summed E-state index contributed by atoms with van der Waals surface area (Å²) >= 11 is 1.27. The first kappa shape index (κ1) is 9.35. The van der Waals surface area contributed by atoms with E-state index in [1.54, 1.807) is 26.2 Å². The van der Waals surface area contributed by atoms with Crippen molar-refractivity contribution in [1.29, 1.82) is 0 Å². The van der Waals surface area contributed by atoms with Crippen molar-refractivity contribution in [1.82, 2.24) is 4.72 Å². The monoisotopic (exact) mass is 186 g/mol. The maximum absolute atomic E-state index is 13.0. The molecule has 1 aromatic carbocycles. The van der Waals surface area contributed by atoms with Gasteiger partial charge in [-0.1, -0.05) is 0 Å². The van der Waals surface area contributed by atoms with E-state index in [4.69, 9.17) is 0 Å². The van der Waals surface area contributed by atoms with E-state index in [0.29, 0.717) is 4.90 Å². The highest BCUT2D eigenvalue weighted by Crippen LogP contribution is 2.22. The van der Waals surface area contributed by atoms with E-state index < -0.39 is 0 Å². The van der Waals surface area contributed by atoms with Crippen LogP contribution in [0.1, 0.15) is 0 Å². The molecule has 0 aliphatic heterocycles. The second-order valence-electron chi connectivity index (χ2n) is 2.20. The molecule has 0 amide bonds. The summed E-state index contributed by atoms with van der Waals surface area (Å²) in [5.74, 6) is -0.201. The van der Waals surface area contributed by atoms with Gasteiger partial charge in [-0.2, -0.15) is 0 Å². The maximum atomic E-state index is 13.0. The van der Waals surface area contributed by atoms with Gasteiger partial charge in [-0.25, -0.2) is 4.39 Å².